The molecular weight excluding hydrogens is 256 g/mol. The maximum absolute atomic E-state index is 11.2. The van der Waals surface area contributed by atoms with Crippen LogP contribution >= 0.6 is 0 Å². The van der Waals surface area contributed by atoms with E-state index in [1.165, 1.54) is 17.2 Å². The van der Waals surface area contributed by atoms with Gasteiger partial charge < -0.3 is 10.0 Å². The summed E-state index contributed by atoms with van der Waals surface area (Å²) in [6.45, 7) is 1.16. The van der Waals surface area contributed by atoms with Crippen LogP contribution in [0.2, 0.25) is 0 Å². The van der Waals surface area contributed by atoms with Crippen LogP contribution in [0.1, 0.15) is 16.7 Å². The van der Waals surface area contributed by atoms with Gasteiger partial charge in [-0.3, -0.25) is 10.1 Å². The molecule has 3 rings (SSSR count). The lowest BCUT2D eigenvalue weighted by molar-refractivity contribution is -0.384. The molecular formula is C15H14N2O3. The van der Waals surface area contributed by atoms with Crippen LogP contribution < -0.4 is 4.90 Å². The predicted molar refractivity (Wildman–Crippen MR) is 75.3 cm³/mol. The number of aliphatic hydroxyl groups is 1. The second kappa shape index (κ2) is 4.94. The largest absolute Gasteiger partial charge is 0.392 e. The monoisotopic (exact) mass is 270 g/mol. The molecule has 0 saturated heterocycles. The van der Waals surface area contributed by atoms with Gasteiger partial charge in [0.2, 0.25) is 0 Å². The van der Waals surface area contributed by atoms with E-state index in [-0.39, 0.29) is 12.3 Å². The Morgan fingerprint density at radius 3 is 2.35 bits per heavy atom. The highest BCUT2D eigenvalue weighted by Crippen LogP contribution is 2.35. The second-order valence-corrected chi connectivity index (χ2v) is 4.86. The topological polar surface area (TPSA) is 66.6 Å². The van der Waals surface area contributed by atoms with E-state index < -0.39 is 4.92 Å². The Bertz CT molecular complexity index is 645. The molecule has 2 aromatic carbocycles. The summed E-state index contributed by atoms with van der Waals surface area (Å²) in [7, 11) is 0. The van der Waals surface area contributed by atoms with E-state index in [1.807, 2.05) is 29.2 Å². The third-order valence-electron chi connectivity index (χ3n) is 3.60. The van der Waals surface area contributed by atoms with Crippen molar-refractivity contribution in [2.75, 3.05) is 4.90 Å². The van der Waals surface area contributed by atoms with E-state index in [4.69, 9.17) is 5.11 Å². The number of hydrogen-bond donors (Lipinski definition) is 1. The molecule has 0 spiro atoms. The van der Waals surface area contributed by atoms with Gasteiger partial charge in [-0.15, -0.1) is 0 Å². The summed E-state index contributed by atoms with van der Waals surface area (Å²) in [4.78, 5) is 12.8. The molecule has 1 aliphatic rings. The minimum atomic E-state index is -0.391. The number of benzene rings is 2. The van der Waals surface area contributed by atoms with Gasteiger partial charge in [-0.2, -0.15) is 0 Å². The Hall–Kier alpha value is -2.40. The highest BCUT2D eigenvalue weighted by molar-refractivity contribution is 5.66. The Labute approximate surface area is 116 Å². The molecule has 0 aromatic heterocycles. The van der Waals surface area contributed by atoms with Gasteiger partial charge in [0.1, 0.15) is 5.69 Å². The van der Waals surface area contributed by atoms with Crippen molar-refractivity contribution in [1.82, 2.24) is 0 Å². The number of nitro groups is 1. The maximum Gasteiger partial charge on any atom is 0.292 e. The van der Waals surface area contributed by atoms with Crippen LogP contribution in [-0.2, 0) is 19.7 Å². The minimum absolute atomic E-state index is 0.0457. The highest BCUT2D eigenvalue weighted by atomic mass is 16.6. The molecule has 0 atom stereocenters. The Kier molecular flexibility index (Phi) is 3.12. The van der Waals surface area contributed by atoms with Crippen molar-refractivity contribution >= 4 is 11.4 Å². The van der Waals surface area contributed by atoms with Gasteiger partial charge in [0.25, 0.3) is 5.69 Å². The number of anilines is 1. The van der Waals surface area contributed by atoms with Gasteiger partial charge in [0.05, 0.1) is 11.5 Å². The molecule has 1 N–H and O–H groups in total. The van der Waals surface area contributed by atoms with Crippen molar-refractivity contribution in [2.24, 2.45) is 0 Å². The number of nitrogens with zero attached hydrogens (tertiary/aromatic N) is 2. The SMILES string of the molecule is O=[N+]([O-])c1cc(CO)ccc1N1Cc2ccccc2C1. The molecule has 1 aliphatic heterocycles. The van der Waals surface area contributed by atoms with Crippen molar-refractivity contribution in [1.29, 1.82) is 0 Å². The molecule has 0 aliphatic carbocycles. The Balaban J connectivity index is 1.98. The number of nitro benzene ring substituents is 1. The summed E-state index contributed by atoms with van der Waals surface area (Å²) in [5.41, 5.74) is 3.60. The van der Waals surface area contributed by atoms with Gasteiger partial charge >= 0.3 is 0 Å². The fourth-order valence-corrected chi connectivity index (χ4v) is 2.58. The summed E-state index contributed by atoms with van der Waals surface area (Å²) >= 11 is 0. The molecule has 5 heteroatoms. The first-order valence-corrected chi connectivity index (χ1v) is 6.39. The summed E-state index contributed by atoms with van der Waals surface area (Å²) < 4.78 is 0. The molecule has 0 radical (unpaired) electrons. The number of aliphatic hydroxyl groups excluding tert-OH is 1. The number of rotatable bonds is 3. The van der Waals surface area contributed by atoms with Gasteiger partial charge in [0.15, 0.2) is 0 Å². The van der Waals surface area contributed by atoms with Crippen molar-refractivity contribution < 1.29 is 10.0 Å². The van der Waals surface area contributed by atoms with Crippen LogP contribution in [0, 0.1) is 10.1 Å². The van der Waals surface area contributed by atoms with E-state index in [2.05, 4.69) is 0 Å². The minimum Gasteiger partial charge on any atom is -0.392 e. The van der Waals surface area contributed by atoms with Crippen molar-refractivity contribution in [3.05, 3.63) is 69.3 Å². The van der Waals surface area contributed by atoms with E-state index in [1.54, 1.807) is 12.1 Å². The average Bonchev–Trinajstić information content (AvgIpc) is 2.90. The second-order valence-electron chi connectivity index (χ2n) is 4.86. The summed E-state index contributed by atoms with van der Waals surface area (Å²) in [6, 6.07) is 12.9. The molecule has 20 heavy (non-hydrogen) atoms. The fraction of sp³-hybridized carbons (Fsp3) is 0.200. The molecule has 102 valence electrons. The lowest BCUT2D eigenvalue weighted by atomic mass is 10.1. The molecule has 0 bridgehead atoms. The van der Waals surface area contributed by atoms with Gasteiger partial charge in [-0.25, -0.2) is 0 Å². The van der Waals surface area contributed by atoms with Crippen LogP contribution in [-0.4, -0.2) is 10.0 Å². The molecule has 0 unspecified atom stereocenters. The van der Waals surface area contributed by atoms with Crippen LogP contribution in [0.5, 0.6) is 0 Å². The Morgan fingerprint density at radius 2 is 1.80 bits per heavy atom. The van der Waals surface area contributed by atoms with Crippen LogP contribution in [0.25, 0.3) is 0 Å². The molecule has 2 aromatic rings. The lowest BCUT2D eigenvalue weighted by Gasteiger charge is -2.18. The highest BCUT2D eigenvalue weighted by Gasteiger charge is 2.25. The Morgan fingerprint density at radius 1 is 1.15 bits per heavy atom. The summed E-state index contributed by atoms with van der Waals surface area (Å²) in [5, 5.41) is 20.3. The first-order chi connectivity index (χ1) is 9.69. The first-order valence-electron chi connectivity index (χ1n) is 6.39. The van der Waals surface area contributed by atoms with Gasteiger partial charge in [-0.1, -0.05) is 30.3 Å². The third kappa shape index (κ3) is 2.12. The zero-order chi connectivity index (χ0) is 14.1. The molecule has 0 saturated carbocycles. The summed E-state index contributed by atoms with van der Waals surface area (Å²) in [6.07, 6.45) is 0. The van der Waals surface area contributed by atoms with Crippen LogP contribution in [0.3, 0.4) is 0 Å². The molecule has 5 nitrogen and oxygen atoms in total. The van der Waals surface area contributed by atoms with Crippen molar-refractivity contribution in [3.8, 4) is 0 Å². The average molecular weight is 270 g/mol. The van der Waals surface area contributed by atoms with Crippen LogP contribution in [0.4, 0.5) is 11.4 Å². The quantitative estimate of drug-likeness (QED) is 0.687. The predicted octanol–water partition coefficient (Wildman–Crippen LogP) is 2.61. The van der Waals surface area contributed by atoms with Crippen LogP contribution in [0.15, 0.2) is 42.5 Å². The van der Waals surface area contributed by atoms with E-state index >= 15 is 0 Å². The van der Waals surface area contributed by atoms with Crippen molar-refractivity contribution in [3.63, 3.8) is 0 Å². The van der Waals surface area contributed by atoms with E-state index in [0.717, 1.165) is 0 Å². The van der Waals surface area contributed by atoms with E-state index in [9.17, 15) is 10.1 Å². The zero-order valence-electron chi connectivity index (χ0n) is 10.8. The molecule has 0 amide bonds. The number of hydrogen-bond acceptors (Lipinski definition) is 4. The zero-order valence-corrected chi connectivity index (χ0v) is 10.8. The van der Waals surface area contributed by atoms with Crippen molar-refractivity contribution in [2.45, 2.75) is 19.7 Å². The van der Waals surface area contributed by atoms with Gasteiger partial charge in [0, 0.05) is 19.2 Å². The third-order valence-corrected chi connectivity index (χ3v) is 3.60. The molecule has 0 fully saturated rings. The first kappa shape index (κ1) is 12.6. The lowest BCUT2D eigenvalue weighted by Crippen LogP contribution is -2.16. The van der Waals surface area contributed by atoms with E-state index in [0.29, 0.717) is 24.3 Å². The smallest absolute Gasteiger partial charge is 0.292 e. The fourth-order valence-electron chi connectivity index (χ4n) is 2.58. The van der Waals surface area contributed by atoms with Gasteiger partial charge in [-0.05, 0) is 22.8 Å². The summed E-state index contributed by atoms with van der Waals surface area (Å²) in [5.74, 6) is 0. The number of fused-ring (bicyclic) bond motifs is 1. The molecule has 1 heterocycles. The maximum atomic E-state index is 11.2. The normalized spacial score (nSPS) is 13.3. The standard InChI is InChI=1S/C15H14N2O3/c18-10-11-5-6-14(15(7-11)17(19)20)16-8-12-3-1-2-4-13(12)9-16/h1-7,18H,8-10H2.